The number of halogens is 2. The van der Waals surface area contributed by atoms with Crippen LogP contribution < -0.4 is 5.32 Å². The second-order valence-electron chi connectivity index (χ2n) is 4.44. The van der Waals surface area contributed by atoms with Gasteiger partial charge in [0.05, 0.1) is 17.7 Å². The average molecular weight is 363 g/mol. The van der Waals surface area contributed by atoms with Gasteiger partial charge in [0.15, 0.2) is 0 Å². The molecule has 1 heterocycles. The van der Waals surface area contributed by atoms with Crippen molar-refractivity contribution in [2.45, 2.75) is 31.9 Å². The Morgan fingerprint density at radius 3 is 3.00 bits per heavy atom. The molecule has 2 atom stereocenters. The smallest absolute Gasteiger partial charge is 0.252 e. The van der Waals surface area contributed by atoms with E-state index < -0.39 is 0 Å². The normalized spacial score (nSPS) is 20.7. The molecule has 0 saturated carbocycles. The molecule has 0 unspecified atom stereocenters. The van der Waals surface area contributed by atoms with Crippen molar-refractivity contribution >= 4 is 28.5 Å². The maximum atomic E-state index is 13.0. The molecule has 0 aromatic heterocycles. The summed E-state index contributed by atoms with van der Waals surface area (Å²) in [6.07, 6.45) is 2.10. The number of amides is 1. The number of hydrogen-bond acceptors (Lipinski definition) is 2. The fraction of sp³-hybridized carbons (Fsp3) is 0.462. The van der Waals surface area contributed by atoms with Gasteiger partial charge in [-0.25, -0.2) is 4.39 Å². The van der Waals surface area contributed by atoms with Gasteiger partial charge in [0, 0.05) is 10.2 Å². The molecule has 98 valence electrons. The highest BCUT2D eigenvalue weighted by Crippen LogP contribution is 2.17. The van der Waals surface area contributed by atoms with Gasteiger partial charge in [-0.3, -0.25) is 4.79 Å². The zero-order valence-electron chi connectivity index (χ0n) is 10.1. The summed E-state index contributed by atoms with van der Waals surface area (Å²) in [6.45, 7) is 2.70. The van der Waals surface area contributed by atoms with Crippen LogP contribution in [0.5, 0.6) is 0 Å². The lowest BCUT2D eigenvalue weighted by atomic mass is 10.1. The SMILES string of the molecule is C[C@H](NC(=O)c1ccc(F)cc1I)[C@@H]1CCCO1. The first-order valence-corrected chi connectivity index (χ1v) is 7.03. The molecule has 1 amide bonds. The Labute approximate surface area is 119 Å². The molecule has 0 spiro atoms. The van der Waals surface area contributed by atoms with E-state index in [9.17, 15) is 9.18 Å². The molecular formula is C13H15FINO2. The predicted molar refractivity (Wildman–Crippen MR) is 75.0 cm³/mol. The van der Waals surface area contributed by atoms with Crippen molar-refractivity contribution in [3.05, 3.63) is 33.1 Å². The highest BCUT2D eigenvalue weighted by molar-refractivity contribution is 14.1. The minimum atomic E-state index is -0.330. The summed E-state index contributed by atoms with van der Waals surface area (Å²) in [6, 6.07) is 4.13. The molecule has 1 aromatic rings. The van der Waals surface area contributed by atoms with Crippen LogP contribution in [0.1, 0.15) is 30.1 Å². The van der Waals surface area contributed by atoms with Crippen LogP contribution in [0.25, 0.3) is 0 Å². The van der Waals surface area contributed by atoms with Crippen LogP contribution >= 0.6 is 22.6 Å². The fourth-order valence-corrected chi connectivity index (χ4v) is 2.77. The van der Waals surface area contributed by atoms with Crippen molar-refractivity contribution in [3.8, 4) is 0 Å². The molecule has 0 aliphatic carbocycles. The number of hydrogen-bond donors (Lipinski definition) is 1. The monoisotopic (exact) mass is 363 g/mol. The second-order valence-corrected chi connectivity index (χ2v) is 5.60. The highest BCUT2D eigenvalue weighted by Gasteiger charge is 2.24. The summed E-state index contributed by atoms with van der Waals surface area (Å²) in [5.74, 6) is -0.509. The first kappa shape index (κ1) is 13.7. The van der Waals surface area contributed by atoms with Gasteiger partial charge in [-0.05, 0) is 60.6 Å². The number of ether oxygens (including phenoxy) is 1. The molecule has 1 aliphatic heterocycles. The molecule has 1 N–H and O–H groups in total. The van der Waals surface area contributed by atoms with Crippen molar-refractivity contribution in [2.75, 3.05) is 6.61 Å². The third kappa shape index (κ3) is 3.20. The molecule has 1 fully saturated rings. The summed E-state index contributed by atoms with van der Waals surface area (Å²) in [5, 5.41) is 2.91. The molecule has 18 heavy (non-hydrogen) atoms. The molecule has 1 saturated heterocycles. The number of carbonyl (C=O) groups excluding carboxylic acids is 1. The van der Waals surface area contributed by atoms with Crippen molar-refractivity contribution in [2.24, 2.45) is 0 Å². The third-order valence-corrected chi connectivity index (χ3v) is 3.95. The first-order chi connectivity index (χ1) is 8.58. The minimum Gasteiger partial charge on any atom is -0.376 e. The van der Waals surface area contributed by atoms with Gasteiger partial charge < -0.3 is 10.1 Å². The fourth-order valence-electron chi connectivity index (χ4n) is 2.05. The lowest BCUT2D eigenvalue weighted by Crippen LogP contribution is -2.41. The molecule has 1 aromatic carbocycles. The van der Waals surface area contributed by atoms with Gasteiger partial charge in [0.1, 0.15) is 5.82 Å². The number of carbonyl (C=O) groups is 1. The predicted octanol–water partition coefficient (Wildman–Crippen LogP) is 2.73. The van der Waals surface area contributed by atoms with E-state index in [1.54, 1.807) is 0 Å². The Balaban J connectivity index is 2.02. The quantitative estimate of drug-likeness (QED) is 0.839. The van der Waals surface area contributed by atoms with Crippen molar-refractivity contribution in [1.29, 1.82) is 0 Å². The lowest BCUT2D eigenvalue weighted by Gasteiger charge is -2.20. The van der Waals surface area contributed by atoms with E-state index in [-0.39, 0.29) is 23.9 Å². The van der Waals surface area contributed by atoms with E-state index in [1.807, 2.05) is 29.5 Å². The third-order valence-electron chi connectivity index (χ3n) is 3.06. The summed E-state index contributed by atoms with van der Waals surface area (Å²) in [7, 11) is 0. The van der Waals surface area contributed by atoms with Crippen molar-refractivity contribution in [3.63, 3.8) is 0 Å². The highest BCUT2D eigenvalue weighted by atomic mass is 127. The van der Waals surface area contributed by atoms with E-state index in [2.05, 4.69) is 5.32 Å². The van der Waals surface area contributed by atoms with Gasteiger partial charge >= 0.3 is 0 Å². The molecule has 3 nitrogen and oxygen atoms in total. The van der Waals surface area contributed by atoms with Crippen molar-refractivity contribution < 1.29 is 13.9 Å². The standard InChI is InChI=1S/C13H15FINO2/c1-8(12-3-2-6-18-12)16-13(17)10-5-4-9(14)7-11(10)15/h4-5,7-8,12H,2-3,6H2,1H3,(H,16,17)/t8-,12-/m0/s1. The molecule has 0 radical (unpaired) electrons. The zero-order valence-corrected chi connectivity index (χ0v) is 12.2. The maximum absolute atomic E-state index is 13.0. The summed E-state index contributed by atoms with van der Waals surface area (Å²) >= 11 is 1.96. The van der Waals surface area contributed by atoms with E-state index in [0.717, 1.165) is 19.4 Å². The Bertz CT molecular complexity index is 447. The number of nitrogens with one attached hydrogen (secondary N) is 1. The molecule has 5 heteroatoms. The summed E-state index contributed by atoms with van der Waals surface area (Å²) in [5.41, 5.74) is 0.502. The second kappa shape index (κ2) is 5.97. The van der Waals surface area contributed by atoms with E-state index >= 15 is 0 Å². The van der Waals surface area contributed by atoms with Crippen LogP contribution in [0.3, 0.4) is 0 Å². The minimum absolute atomic E-state index is 0.0270. The van der Waals surface area contributed by atoms with Crippen LogP contribution in [-0.2, 0) is 4.74 Å². The Kier molecular flexibility index (Phi) is 4.55. The largest absolute Gasteiger partial charge is 0.376 e. The summed E-state index contributed by atoms with van der Waals surface area (Å²) in [4.78, 5) is 12.1. The van der Waals surface area contributed by atoms with Crippen molar-refractivity contribution in [1.82, 2.24) is 5.32 Å². The van der Waals surface area contributed by atoms with Gasteiger partial charge in [-0.15, -0.1) is 0 Å². The molecule has 0 bridgehead atoms. The van der Waals surface area contributed by atoms with E-state index in [1.165, 1.54) is 18.2 Å². The lowest BCUT2D eigenvalue weighted by molar-refractivity contribution is 0.0712. The van der Waals surface area contributed by atoms with Gasteiger partial charge in [-0.1, -0.05) is 0 Å². The Morgan fingerprint density at radius 1 is 1.61 bits per heavy atom. The van der Waals surface area contributed by atoms with Gasteiger partial charge in [0.25, 0.3) is 5.91 Å². The van der Waals surface area contributed by atoms with E-state index in [0.29, 0.717) is 9.13 Å². The van der Waals surface area contributed by atoms with Crippen LogP contribution in [0.15, 0.2) is 18.2 Å². The topological polar surface area (TPSA) is 38.3 Å². The average Bonchev–Trinajstić information content (AvgIpc) is 2.81. The molecule has 1 aliphatic rings. The summed E-state index contributed by atoms with van der Waals surface area (Å²) < 4.78 is 19.1. The van der Waals surface area contributed by atoms with Crippen LogP contribution in [0.2, 0.25) is 0 Å². The maximum Gasteiger partial charge on any atom is 0.252 e. The molecular weight excluding hydrogens is 348 g/mol. The Morgan fingerprint density at radius 2 is 2.39 bits per heavy atom. The van der Waals surface area contributed by atoms with Gasteiger partial charge in [-0.2, -0.15) is 0 Å². The molecule has 2 rings (SSSR count). The Hall–Kier alpha value is -0.690. The van der Waals surface area contributed by atoms with E-state index in [4.69, 9.17) is 4.74 Å². The van der Waals surface area contributed by atoms with Crippen LogP contribution in [0, 0.1) is 9.39 Å². The first-order valence-electron chi connectivity index (χ1n) is 5.95. The van der Waals surface area contributed by atoms with Crippen LogP contribution in [0.4, 0.5) is 4.39 Å². The van der Waals surface area contributed by atoms with Crippen LogP contribution in [-0.4, -0.2) is 24.7 Å². The number of rotatable bonds is 3. The zero-order chi connectivity index (χ0) is 13.1. The number of benzene rings is 1. The van der Waals surface area contributed by atoms with Gasteiger partial charge in [0.2, 0.25) is 0 Å².